The summed E-state index contributed by atoms with van der Waals surface area (Å²) < 4.78 is 0. The number of para-hydroxylation sites is 1. The number of fused-ring (bicyclic) bond motifs is 2. The highest BCUT2D eigenvalue weighted by atomic mass is 16.3. The summed E-state index contributed by atoms with van der Waals surface area (Å²) in [6.07, 6.45) is 0.969. The Bertz CT molecular complexity index is 744. The fraction of sp³-hybridized carbons (Fsp3) is 0.100. The van der Waals surface area contributed by atoms with Gasteiger partial charge in [-0.05, 0) is 34.7 Å². The van der Waals surface area contributed by atoms with Crippen LogP contribution in [0.2, 0.25) is 0 Å². The molecule has 1 aliphatic carbocycles. The van der Waals surface area contributed by atoms with E-state index in [1.54, 1.807) is 6.07 Å². The smallest absolute Gasteiger partial charge is 0.119 e. The van der Waals surface area contributed by atoms with Gasteiger partial charge in [-0.15, -0.1) is 0 Å². The Morgan fingerprint density at radius 2 is 1.10 bits per heavy atom. The van der Waals surface area contributed by atoms with Gasteiger partial charge in [-0.1, -0.05) is 66.7 Å². The molecule has 4 rings (SSSR count). The fourth-order valence-corrected chi connectivity index (χ4v) is 3.39. The van der Waals surface area contributed by atoms with E-state index in [-0.39, 0.29) is 5.92 Å². The van der Waals surface area contributed by atoms with Crippen molar-refractivity contribution < 1.29 is 5.11 Å². The van der Waals surface area contributed by atoms with Crippen molar-refractivity contribution in [2.24, 2.45) is 0 Å². The first-order chi connectivity index (χ1) is 10.3. The lowest BCUT2D eigenvalue weighted by atomic mass is 9.75. The molecule has 1 nitrogen and oxygen atoms in total. The van der Waals surface area contributed by atoms with E-state index < -0.39 is 0 Å². The minimum Gasteiger partial charge on any atom is -0.508 e. The molecule has 3 aromatic carbocycles. The van der Waals surface area contributed by atoms with E-state index in [9.17, 15) is 5.11 Å². The Labute approximate surface area is 124 Å². The molecular weight excluding hydrogens is 256 g/mol. The van der Waals surface area contributed by atoms with Gasteiger partial charge in [0.05, 0.1) is 0 Å². The fourth-order valence-electron chi connectivity index (χ4n) is 3.39. The second-order valence-corrected chi connectivity index (χ2v) is 5.57. The van der Waals surface area contributed by atoms with E-state index in [2.05, 4.69) is 48.5 Å². The lowest BCUT2D eigenvalue weighted by molar-refractivity contribution is 0.467. The van der Waals surface area contributed by atoms with Crippen molar-refractivity contribution in [1.82, 2.24) is 0 Å². The van der Waals surface area contributed by atoms with Crippen LogP contribution >= 0.6 is 0 Å². The first-order valence-electron chi connectivity index (χ1n) is 7.28. The molecule has 0 fully saturated rings. The highest BCUT2D eigenvalue weighted by Gasteiger charge is 2.27. The van der Waals surface area contributed by atoms with Gasteiger partial charge in [0.25, 0.3) is 0 Å². The first kappa shape index (κ1) is 12.2. The predicted molar refractivity (Wildman–Crippen MR) is 84.7 cm³/mol. The number of rotatable bonds is 1. The Hall–Kier alpha value is -2.54. The van der Waals surface area contributed by atoms with Crippen molar-refractivity contribution in [2.75, 3.05) is 0 Å². The highest BCUT2D eigenvalue weighted by Crippen LogP contribution is 2.43. The normalized spacial score (nSPS) is 13.5. The van der Waals surface area contributed by atoms with Gasteiger partial charge in [0.15, 0.2) is 0 Å². The minimum atomic E-state index is 0.118. The molecular formula is C20H16O. The zero-order chi connectivity index (χ0) is 14.2. The Morgan fingerprint density at radius 1 is 0.619 bits per heavy atom. The third kappa shape index (κ3) is 1.93. The van der Waals surface area contributed by atoms with Crippen molar-refractivity contribution >= 4 is 0 Å². The summed E-state index contributed by atoms with van der Waals surface area (Å²) in [5.74, 6) is 0.487. The second kappa shape index (κ2) is 4.78. The molecule has 0 heterocycles. The number of benzene rings is 3. The summed E-state index contributed by atoms with van der Waals surface area (Å²) in [5.41, 5.74) is 6.29. The van der Waals surface area contributed by atoms with Crippen LogP contribution in [0.1, 0.15) is 33.7 Å². The highest BCUT2D eigenvalue weighted by molar-refractivity contribution is 5.56. The molecule has 1 aliphatic rings. The van der Waals surface area contributed by atoms with E-state index in [0.717, 1.165) is 12.0 Å². The van der Waals surface area contributed by atoms with Gasteiger partial charge < -0.3 is 5.11 Å². The van der Waals surface area contributed by atoms with Crippen LogP contribution in [0.4, 0.5) is 0 Å². The molecule has 0 saturated carbocycles. The van der Waals surface area contributed by atoms with Crippen molar-refractivity contribution in [3.05, 3.63) is 101 Å². The van der Waals surface area contributed by atoms with E-state index in [0.29, 0.717) is 5.75 Å². The van der Waals surface area contributed by atoms with Gasteiger partial charge in [-0.2, -0.15) is 0 Å². The molecule has 0 bridgehead atoms. The van der Waals surface area contributed by atoms with Crippen molar-refractivity contribution in [3.63, 3.8) is 0 Å². The van der Waals surface area contributed by atoms with Crippen LogP contribution in [0, 0.1) is 0 Å². The van der Waals surface area contributed by atoms with Gasteiger partial charge in [0, 0.05) is 11.5 Å². The SMILES string of the molecule is Oc1ccccc1C1c2ccccc2Cc2ccccc21. The number of hydrogen-bond donors (Lipinski definition) is 1. The van der Waals surface area contributed by atoms with Crippen molar-refractivity contribution in [1.29, 1.82) is 0 Å². The molecule has 0 atom stereocenters. The summed E-state index contributed by atoms with van der Waals surface area (Å²) in [5, 5.41) is 10.3. The molecule has 0 amide bonds. The summed E-state index contributed by atoms with van der Waals surface area (Å²) in [6.45, 7) is 0. The molecule has 1 N–H and O–H groups in total. The maximum absolute atomic E-state index is 10.3. The molecule has 0 aliphatic heterocycles. The quantitative estimate of drug-likeness (QED) is 0.542. The summed E-state index contributed by atoms with van der Waals surface area (Å²) >= 11 is 0. The number of phenols is 1. The molecule has 0 aromatic heterocycles. The van der Waals surface area contributed by atoms with Gasteiger partial charge >= 0.3 is 0 Å². The largest absolute Gasteiger partial charge is 0.508 e. The molecule has 0 saturated heterocycles. The number of aromatic hydroxyl groups is 1. The molecule has 3 aromatic rings. The monoisotopic (exact) mass is 272 g/mol. The molecule has 0 unspecified atom stereocenters. The van der Waals surface area contributed by atoms with Crippen LogP contribution in [0.15, 0.2) is 72.8 Å². The van der Waals surface area contributed by atoms with Crippen LogP contribution in [-0.2, 0) is 6.42 Å². The maximum atomic E-state index is 10.3. The molecule has 0 spiro atoms. The summed E-state index contributed by atoms with van der Waals surface area (Å²) in [6, 6.07) is 24.8. The van der Waals surface area contributed by atoms with Crippen LogP contribution in [0.25, 0.3) is 0 Å². The van der Waals surface area contributed by atoms with E-state index in [4.69, 9.17) is 0 Å². The van der Waals surface area contributed by atoms with Gasteiger partial charge in [0.1, 0.15) is 5.75 Å². The van der Waals surface area contributed by atoms with Crippen molar-refractivity contribution in [3.8, 4) is 5.75 Å². The average Bonchev–Trinajstić information content (AvgIpc) is 2.53. The molecule has 102 valence electrons. The van der Waals surface area contributed by atoms with Crippen LogP contribution in [-0.4, -0.2) is 5.11 Å². The van der Waals surface area contributed by atoms with Crippen molar-refractivity contribution in [2.45, 2.75) is 12.3 Å². The topological polar surface area (TPSA) is 20.2 Å². The van der Waals surface area contributed by atoms with Gasteiger partial charge in [0.2, 0.25) is 0 Å². The van der Waals surface area contributed by atoms with E-state index >= 15 is 0 Å². The predicted octanol–water partition coefficient (Wildman–Crippen LogP) is 4.48. The summed E-state index contributed by atoms with van der Waals surface area (Å²) in [4.78, 5) is 0. The zero-order valence-electron chi connectivity index (χ0n) is 11.7. The lowest BCUT2D eigenvalue weighted by Gasteiger charge is -2.29. The molecule has 1 heteroatoms. The molecule has 0 radical (unpaired) electrons. The van der Waals surface area contributed by atoms with E-state index in [1.807, 2.05) is 18.2 Å². The Kier molecular flexibility index (Phi) is 2.78. The Morgan fingerprint density at radius 3 is 1.67 bits per heavy atom. The second-order valence-electron chi connectivity index (χ2n) is 5.57. The molecule has 21 heavy (non-hydrogen) atoms. The third-order valence-electron chi connectivity index (χ3n) is 4.36. The minimum absolute atomic E-state index is 0.118. The van der Waals surface area contributed by atoms with Crippen LogP contribution in [0.3, 0.4) is 0 Å². The first-order valence-corrected chi connectivity index (χ1v) is 7.28. The number of phenolic OH excluding ortho intramolecular Hbond substituents is 1. The lowest BCUT2D eigenvalue weighted by Crippen LogP contribution is -2.14. The van der Waals surface area contributed by atoms with E-state index in [1.165, 1.54) is 22.3 Å². The number of hydrogen-bond acceptors (Lipinski definition) is 1. The average molecular weight is 272 g/mol. The van der Waals surface area contributed by atoms with Gasteiger partial charge in [-0.25, -0.2) is 0 Å². The maximum Gasteiger partial charge on any atom is 0.119 e. The Balaban J connectivity index is 2.00. The zero-order valence-corrected chi connectivity index (χ0v) is 11.7. The third-order valence-corrected chi connectivity index (χ3v) is 4.36. The van der Waals surface area contributed by atoms with Gasteiger partial charge in [-0.3, -0.25) is 0 Å². The summed E-state index contributed by atoms with van der Waals surface area (Å²) in [7, 11) is 0. The standard InChI is InChI=1S/C20H16O/c21-19-12-6-5-11-18(19)20-16-9-3-1-7-14(16)13-15-8-2-4-10-17(15)20/h1-12,20-21H,13H2. The van der Waals surface area contributed by atoms with Crippen LogP contribution < -0.4 is 0 Å². The van der Waals surface area contributed by atoms with Crippen LogP contribution in [0.5, 0.6) is 5.75 Å².